The SMILES string of the molecule is c1ccc(-c2nc(-c3ccccc3)nc(-c3cc(-c4nc(-c5ccccc5)c5sc6ccccc6c5n4)ccc3-n3c4ccccc4c4c(-c5ccccc5)cccc43)n2)cc1. The van der Waals surface area contributed by atoms with Gasteiger partial charge < -0.3 is 4.57 Å². The van der Waals surface area contributed by atoms with E-state index in [4.69, 9.17) is 24.9 Å². The molecule has 4 aromatic heterocycles. The summed E-state index contributed by atoms with van der Waals surface area (Å²) in [6.45, 7) is 0. The van der Waals surface area contributed by atoms with Crippen molar-refractivity contribution in [1.29, 1.82) is 0 Å². The monoisotopic (exact) mass is 810 g/mol. The molecule has 8 aromatic carbocycles. The van der Waals surface area contributed by atoms with Crippen LogP contribution < -0.4 is 0 Å². The topological polar surface area (TPSA) is 69.4 Å². The van der Waals surface area contributed by atoms with E-state index in [0.29, 0.717) is 23.3 Å². The van der Waals surface area contributed by atoms with Gasteiger partial charge in [0.05, 0.1) is 32.6 Å². The molecular weight excluding hydrogens is 777 g/mol. The second-order valence-electron chi connectivity index (χ2n) is 15.2. The Balaban J connectivity index is 1.17. The summed E-state index contributed by atoms with van der Waals surface area (Å²) in [5.41, 5.74) is 11.8. The van der Waals surface area contributed by atoms with Gasteiger partial charge in [0.2, 0.25) is 0 Å². The van der Waals surface area contributed by atoms with Crippen molar-refractivity contribution in [2.45, 2.75) is 0 Å². The summed E-state index contributed by atoms with van der Waals surface area (Å²) in [5, 5.41) is 3.45. The van der Waals surface area contributed by atoms with Crippen molar-refractivity contribution in [2.75, 3.05) is 0 Å². The molecule has 290 valence electrons. The Labute approximate surface area is 361 Å². The zero-order valence-corrected chi connectivity index (χ0v) is 34.0. The van der Waals surface area contributed by atoms with E-state index < -0.39 is 0 Å². The molecule has 0 bridgehead atoms. The summed E-state index contributed by atoms with van der Waals surface area (Å²) in [5.74, 6) is 2.35. The average molecular weight is 811 g/mol. The molecule has 62 heavy (non-hydrogen) atoms. The second kappa shape index (κ2) is 14.9. The molecule has 0 saturated carbocycles. The molecule has 4 heterocycles. The highest BCUT2D eigenvalue weighted by Gasteiger charge is 2.23. The van der Waals surface area contributed by atoms with E-state index in [1.54, 1.807) is 11.3 Å². The maximum absolute atomic E-state index is 5.38. The smallest absolute Gasteiger partial charge is 0.166 e. The first kappa shape index (κ1) is 35.8. The van der Waals surface area contributed by atoms with E-state index in [1.165, 1.54) is 15.6 Å². The lowest BCUT2D eigenvalue weighted by atomic mass is 9.99. The van der Waals surface area contributed by atoms with Gasteiger partial charge in [-0.2, -0.15) is 0 Å². The van der Waals surface area contributed by atoms with Crippen molar-refractivity contribution in [3.8, 4) is 73.6 Å². The van der Waals surface area contributed by atoms with Crippen LogP contribution in [0.25, 0.3) is 116 Å². The van der Waals surface area contributed by atoms with Gasteiger partial charge in [-0.05, 0) is 47.5 Å². The van der Waals surface area contributed by atoms with Crippen LogP contribution in [0, 0.1) is 0 Å². The van der Waals surface area contributed by atoms with Crippen molar-refractivity contribution in [2.24, 2.45) is 0 Å². The standard InChI is InChI=1S/C55H34N6S/c1-5-18-35(19-6-1)40-28-17-30-46-48(40)41-26-13-15-29-44(41)61(46)45-33-32-39(54-56-49(36-20-7-2-8-21-36)51-50(57-54)42-27-14-16-31-47(42)62-51)34-43(45)55-59-52(37-22-9-3-10-23-37)58-53(60-55)38-24-11-4-12-25-38/h1-34H. The lowest BCUT2D eigenvalue weighted by Crippen LogP contribution is -2.04. The number of nitrogens with zero attached hydrogens (tertiary/aromatic N) is 6. The molecule has 0 amide bonds. The molecule has 0 saturated heterocycles. The number of para-hydroxylation sites is 1. The van der Waals surface area contributed by atoms with Gasteiger partial charge in [0.1, 0.15) is 0 Å². The molecule has 0 aliphatic heterocycles. The number of aromatic nitrogens is 6. The number of hydrogen-bond acceptors (Lipinski definition) is 6. The van der Waals surface area contributed by atoms with Gasteiger partial charge in [-0.25, -0.2) is 24.9 Å². The van der Waals surface area contributed by atoms with Crippen LogP contribution in [-0.2, 0) is 0 Å². The zero-order valence-electron chi connectivity index (χ0n) is 33.2. The Morgan fingerprint density at radius 3 is 1.60 bits per heavy atom. The summed E-state index contributed by atoms with van der Waals surface area (Å²) in [7, 11) is 0. The van der Waals surface area contributed by atoms with Crippen LogP contribution in [0.5, 0.6) is 0 Å². The van der Waals surface area contributed by atoms with Crippen LogP contribution in [0.15, 0.2) is 206 Å². The van der Waals surface area contributed by atoms with E-state index in [-0.39, 0.29) is 0 Å². The van der Waals surface area contributed by atoms with E-state index >= 15 is 0 Å². The van der Waals surface area contributed by atoms with Gasteiger partial charge >= 0.3 is 0 Å². The molecule has 0 N–H and O–H groups in total. The Hall–Kier alpha value is -8.13. The highest BCUT2D eigenvalue weighted by molar-refractivity contribution is 7.26. The maximum atomic E-state index is 5.38. The van der Waals surface area contributed by atoms with Crippen LogP contribution >= 0.6 is 11.3 Å². The number of fused-ring (bicyclic) bond motifs is 6. The van der Waals surface area contributed by atoms with Crippen molar-refractivity contribution in [3.63, 3.8) is 0 Å². The van der Waals surface area contributed by atoms with Gasteiger partial charge in [-0.3, -0.25) is 0 Å². The first-order chi connectivity index (χ1) is 30.7. The number of rotatable bonds is 7. The quantitative estimate of drug-likeness (QED) is 0.160. The van der Waals surface area contributed by atoms with Crippen LogP contribution in [0.2, 0.25) is 0 Å². The molecule has 12 rings (SSSR count). The molecule has 6 nitrogen and oxygen atoms in total. The van der Waals surface area contributed by atoms with E-state index in [1.807, 2.05) is 66.7 Å². The Bertz CT molecular complexity index is 3560. The minimum Gasteiger partial charge on any atom is -0.308 e. The summed E-state index contributed by atoms with van der Waals surface area (Å²) < 4.78 is 4.60. The molecule has 0 spiro atoms. The summed E-state index contributed by atoms with van der Waals surface area (Å²) >= 11 is 1.73. The lowest BCUT2D eigenvalue weighted by Gasteiger charge is -2.16. The average Bonchev–Trinajstić information content (AvgIpc) is 3.90. The number of hydrogen-bond donors (Lipinski definition) is 0. The molecule has 0 unspecified atom stereocenters. The first-order valence-electron chi connectivity index (χ1n) is 20.6. The summed E-state index contributed by atoms with van der Waals surface area (Å²) in [6.07, 6.45) is 0. The van der Waals surface area contributed by atoms with Crippen LogP contribution in [0.1, 0.15) is 0 Å². The van der Waals surface area contributed by atoms with E-state index in [0.717, 1.165) is 76.8 Å². The minimum absolute atomic E-state index is 0.546. The number of benzene rings is 8. The van der Waals surface area contributed by atoms with Crippen molar-refractivity contribution in [1.82, 2.24) is 29.5 Å². The summed E-state index contributed by atoms with van der Waals surface area (Å²) in [4.78, 5) is 26.4. The van der Waals surface area contributed by atoms with E-state index in [9.17, 15) is 0 Å². The van der Waals surface area contributed by atoms with Crippen molar-refractivity contribution in [3.05, 3.63) is 206 Å². The fraction of sp³-hybridized carbons (Fsp3) is 0. The molecule has 0 fully saturated rings. The zero-order chi connectivity index (χ0) is 41.0. The van der Waals surface area contributed by atoms with Crippen LogP contribution in [-0.4, -0.2) is 29.5 Å². The third-order valence-electron chi connectivity index (χ3n) is 11.5. The maximum Gasteiger partial charge on any atom is 0.166 e. The van der Waals surface area contributed by atoms with E-state index in [2.05, 4.69) is 144 Å². The Morgan fingerprint density at radius 2 is 0.903 bits per heavy atom. The highest BCUT2D eigenvalue weighted by Crippen LogP contribution is 2.43. The van der Waals surface area contributed by atoms with Crippen LogP contribution in [0.4, 0.5) is 0 Å². The molecule has 0 radical (unpaired) electrons. The molecular formula is C55H34N6S. The van der Waals surface area contributed by atoms with Crippen molar-refractivity contribution < 1.29 is 0 Å². The molecule has 7 heteroatoms. The molecule has 0 atom stereocenters. The largest absolute Gasteiger partial charge is 0.308 e. The van der Waals surface area contributed by atoms with Gasteiger partial charge in [0.15, 0.2) is 23.3 Å². The number of thiophene rings is 1. The normalized spacial score (nSPS) is 11.5. The molecule has 0 aliphatic carbocycles. The van der Waals surface area contributed by atoms with Gasteiger partial charge in [0, 0.05) is 48.7 Å². The van der Waals surface area contributed by atoms with Crippen LogP contribution in [0.3, 0.4) is 0 Å². The molecule has 0 aliphatic rings. The third-order valence-corrected chi connectivity index (χ3v) is 12.7. The van der Waals surface area contributed by atoms with Crippen molar-refractivity contribution >= 4 is 53.4 Å². The fourth-order valence-corrected chi connectivity index (χ4v) is 9.78. The van der Waals surface area contributed by atoms with Gasteiger partial charge in [-0.1, -0.05) is 170 Å². The first-order valence-corrected chi connectivity index (χ1v) is 21.4. The van der Waals surface area contributed by atoms with Gasteiger partial charge in [-0.15, -0.1) is 11.3 Å². The highest BCUT2D eigenvalue weighted by atomic mass is 32.1. The fourth-order valence-electron chi connectivity index (χ4n) is 8.63. The Kier molecular flexibility index (Phi) is 8.57. The predicted octanol–water partition coefficient (Wildman–Crippen LogP) is 14.1. The molecule has 12 aromatic rings. The second-order valence-corrected chi connectivity index (χ2v) is 16.3. The predicted molar refractivity (Wildman–Crippen MR) is 255 cm³/mol. The Morgan fingerprint density at radius 1 is 0.355 bits per heavy atom. The third kappa shape index (κ3) is 6.06. The lowest BCUT2D eigenvalue weighted by molar-refractivity contribution is 1.06. The minimum atomic E-state index is 0.546. The van der Waals surface area contributed by atoms with Gasteiger partial charge in [0.25, 0.3) is 0 Å². The summed E-state index contributed by atoms with van der Waals surface area (Å²) in [6, 6.07) is 71.5.